The largest absolute Gasteiger partial charge is 0.356 e. The number of aromatic nitrogens is 2. The van der Waals surface area contributed by atoms with E-state index in [1.54, 1.807) is 10.7 Å². The summed E-state index contributed by atoms with van der Waals surface area (Å²) in [5, 5.41) is 7.04. The average Bonchev–Trinajstić information content (AvgIpc) is 2.76. The molecule has 0 aliphatic heterocycles. The summed E-state index contributed by atoms with van der Waals surface area (Å²) >= 11 is 0. The zero-order chi connectivity index (χ0) is 12.5. The van der Waals surface area contributed by atoms with Crippen LogP contribution in [0.5, 0.6) is 0 Å². The molecule has 0 atom stereocenters. The van der Waals surface area contributed by atoms with Crippen LogP contribution in [0.15, 0.2) is 30.6 Å². The molecule has 0 unspecified atom stereocenters. The summed E-state index contributed by atoms with van der Waals surface area (Å²) in [6.45, 7) is 6.41. The number of fused-ring (bicyclic) bond motifs is 1. The van der Waals surface area contributed by atoms with Gasteiger partial charge < -0.3 is 5.32 Å². The maximum absolute atomic E-state index is 12.0. The van der Waals surface area contributed by atoms with E-state index >= 15 is 0 Å². The Morgan fingerprint density at radius 1 is 1.41 bits per heavy atom. The average molecular weight is 231 g/mol. The van der Waals surface area contributed by atoms with Crippen molar-refractivity contribution < 1.29 is 4.79 Å². The van der Waals surface area contributed by atoms with Crippen LogP contribution in [0.4, 0.5) is 0 Å². The summed E-state index contributed by atoms with van der Waals surface area (Å²) in [7, 11) is 0. The van der Waals surface area contributed by atoms with E-state index in [2.05, 4.69) is 10.4 Å². The zero-order valence-electron chi connectivity index (χ0n) is 10.4. The highest BCUT2D eigenvalue weighted by Gasteiger charge is 2.29. The van der Waals surface area contributed by atoms with Gasteiger partial charge in [0.1, 0.15) is 0 Å². The van der Waals surface area contributed by atoms with Gasteiger partial charge in [-0.3, -0.25) is 4.79 Å². The number of nitrogens with one attached hydrogen (secondary N) is 1. The van der Waals surface area contributed by atoms with Crippen molar-refractivity contribution in [2.75, 3.05) is 6.54 Å². The van der Waals surface area contributed by atoms with Crippen molar-refractivity contribution in [1.82, 2.24) is 14.9 Å². The molecule has 0 spiro atoms. The van der Waals surface area contributed by atoms with Crippen molar-refractivity contribution in [2.45, 2.75) is 26.2 Å². The quantitative estimate of drug-likeness (QED) is 0.874. The van der Waals surface area contributed by atoms with Crippen LogP contribution in [0.3, 0.4) is 0 Å². The van der Waals surface area contributed by atoms with E-state index in [9.17, 15) is 4.79 Å². The molecule has 4 heteroatoms. The molecule has 2 rings (SSSR count). The molecular weight excluding hydrogens is 214 g/mol. The number of hydrogen-bond acceptors (Lipinski definition) is 2. The number of nitrogens with zero attached hydrogens (tertiary/aromatic N) is 2. The standard InChI is InChI=1S/C13H17N3O/c1-4-14-12(17)13(2,3)10-5-6-11-7-8-15-16(11)9-10/h5-9H,4H2,1-3H3,(H,14,17). The molecule has 4 nitrogen and oxygen atoms in total. The minimum absolute atomic E-state index is 0.0338. The lowest BCUT2D eigenvalue weighted by Crippen LogP contribution is -2.40. The van der Waals surface area contributed by atoms with E-state index in [1.807, 2.05) is 45.2 Å². The van der Waals surface area contributed by atoms with Gasteiger partial charge in [-0.05, 0) is 38.5 Å². The molecule has 1 amide bonds. The first-order valence-electron chi connectivity index (χ1n) is 5.78. The summed E-state index contributed by atoms with van der Waals surface area (Å²) in [6.07, 6.45) is 3.66. The number of carbonyl (C=O) groups is 1. The van der Waals surface area contributed by atoms with Crippen molar-refractivity contribution in [2.24, 2.45) is 0 Å². The third kappa shape index (κ3) is 2.02. The van der Waals surface area contributed by atoms with Crippen molar-refractivity contribution >= 4 is 11.4 Å². The second kappa shape index (κ2) is 4.20. The Bertz CT molecular complexity index is 542. The molecule has 0 saturated heterocycles. The Morgan fingerprint density at radius 2 is 2.18 bits per heavy atom. The maximum atomic E-state index is 12.0. The van der Waals surface area contributed by atoms with Crippen molar-refractivity contribution in [3.05, 3.63) is 36.2 Å². The third-order valence-corrected chi connectivity index (χ3v) is 3.02. The molecule has 0 saturated carbocycles. The van der Waals surface area contributed by atoms with E-state index in [4.69, 9.17) is 0 Å². The van der Waals surface area contributed by atoms with Crippen LogP contribution < -0.4 is 5.32 Å². The third-order valence-electron chi connectivity index (χ3n) is 3.02. The lowest BCUT2D eigenvalue weighted by Gasteiger charge is -2.23. The molecule has 0 bridgehead atoms. The molecular formula is C13H17N3O. The number of amides is 1. The SMILES string of the molecule is CCNC(=O)C(C)(C)c1ccc2ccnn2c1. The summed E-state index contributed by atoms with van der Waals surface area (Å²) in [5.41, 5.74) is 1.44. The van der Waals surface area contributed by atoms with Gasteiger partial charge in [-0.15, -0.1) is 0 Å². The van der Waals surface area contributed by atoms with Crippen LogP contribution in [0.1, 0.15) is 26.3 Å². The molecule has 0 radical (unpaired) electrons. The molecule has 0 aliphatic carbocycles. The van der Waals surface area contributed by atoms with Crippen molar-refractivity contribution in [3.8, 4) is 0 Å². The summed E-state index contributed by atoms with van der Waals surface area (Å²) < 4.78 is 1.79. The summed E-state index contributed by atoms with van der Waals surface area (Å²) in [5.74, 6) is 0.0338. The van der Waals surface area contributed by atoms with Gasteiger partial charge in [0.25, 0.3) is 0 Å². The lowest BCUT2D eigenvalue weighted by molar-refractivity contribution is -0.125. The predicted octanol–water partition coefficient (Wildman–Crippen LogP) is 1.75. The first kappa shape index (κ1) is 11.6. The van der Waals surface area contributed by atoms with Crippen LogP contribution in [0.2, 0.25) is 0 Å². The first-order chi connectivity index (χ1) is 8.05. The molecule has 0 aliphatic rings. The van der Waals surface area contributed by atoms with Gasteiger partial charge in [0, 0.05) is 18.9 Å². The smallest absolute Gasteiger partial charge is 0.230 e. The normalized spacial score (nSPS) is 11.7. The topological polar surface area (TPSA) is 46.4 Å². The van der Waals surface area contributed by atoms with Crippen LogP contribution in [0, 0.1) is 0 Å². The fourth-order valence-electron chi connectivity index (χ4n) is 1.80. The predicted molar refractivity (Wildman–Crippen MR) is 66.9 cm³/mol. The fraction of sp³-hybridized carbons (Fsp3) is 0.385. The maximum Gasteiger partial charge on any atom is 0.230 e. The number of hydrogen-bond donors (Lipinski definition) is 1. The zero-order valence-corrected chi connectivity index (χ0v) is 10.4. The van der Waals surface area contributed by atoms with E-state index in [1.165, 1.54) is 0 Å². The summed E-state index contributed by atoms with van der Waals surface area (Å²) in [4.78, 5) is 12.0. The van der Waals surface area contributed by atoms with Gasteiger partial charge in [-0.1, -0.05) is 6.07 Å². The van der Waals surface area contributed by atoms with Gasteiger partial charge in [-0.25, -0.2) is 4.52 Å². The number of rotatable bonds is 3. The minimum Gasteiger partial charge on any atom is -0.356 e. The lowest BCUT2D eigenvalue weighted by atomic mass is 9.84. The van der Waals surface area contributed by atoms with Gasteiger partial charge >= 0.3 is 0 Å². The monoisotopic (exact) mass is 231 g/mol. The van der Waals surface area contributed by atoms with Crippen LogP contribution in [-0.4, -0.2) is 22.1 Å². The molecule has 1 N–H and O–H groups in total. The number of pyridine rings is 1. The Labute approximate surface area is 101 Å². The van der Waals surface area contributed by atoms with Gasteiger partial charge in [0.05, 0.1) is 10.9 Å². The highest BCUT2D eigenvalue weighted by atomic mass is 16.2. The molecule has 0 aromatic carbocycles. The van der Waals surface area contributed by atoms with Crippen molar-refractivity contribution in [3.63, 3.8) is 0 Å². The van der Waals surface area contributed by atoms with Crippen LogP contribution in [0.25, 0.3) is 5.52 Å². The van der Waals surface area contributed by atoms with Gasteiger partial charge in [-0.2, -0.15) is 5.10 Å². The molecule has 2 aromatic heterocycles. The highest BCUT2D eigenvalue weighted by Crippen LogP contribution is 2.23. The second-order valence-corrected chi connectivity index (χ2v) is 4.60. The Morgan fingerprint density at radius 3 is 2.88 bits per heavy atom. The Kier molecular flexibility index (Phi) is 2.88. The Hall–Kier alpha value is -1.84. The molecule has 2 aromatic rings. The van der Waals surface area contributed by atoms with Crippen molar-refractivity contribution in [1.29, 1.82) is 0 Å². The second-order valence-electron chi connectivity index (χ2n) is 4.60. The molecule has 17 heavy (non-hydrogen) atoms. The summed E-state index contributed by atoms with van der Waals surface area (Å²) in [6, 6.07) is 5.89. The number of carbonyl (C=O) groups excluding carboxylic acids is 1. The number of likely N-dealkylation sites (N-methyl/N-ethyl adjacent to an activating group) is 1. The van der Waals surface area contributed by atoms with Gasteiger partial charge in [0.2, 0.25) is 5.91 Å². The van der Waals surface area contributed by atoms with Crippen LogP contribution >= 0.6 is 0 Å². The van der Waals surface area contributed by atoms with E-state index in [0.29, 0.717) is 6.54 Å². The minimum atomic E-state index is -0.545. The van der Waals surface area contributed by atoms with E-state index < -0.39 is 5.41 Å². The van der Waals surface area contributed by atoms with E-state index in [-0.39, 0.29) is 5.91 Å². The van der Waals surface area contributed by atoms with Crippen LogP contribution in [-0.2, 0) is 10.2 Å². The Balaban J connectivity index is 2.40. The van der Waals surface area contributed by atoms with Gasteiger partial charge in [0.15, 0.2) is 0 Å². The molecule has 2 heterocycles. The first-order valence-corrected chi connectivity index (χ1v) is 5.78. The molecule has 0 fully saturated rings. The molecule has 90 valence electrons. The fourth-order valence-corrected chi connectivity index (χ4v) is 1.80. The van der Waals surface area contributed by atoms with E-state index in [0.717, 1.165) is 11.1 Å². The highest BCUT2D eigenvalue weighted by molar-refractivity contribution is 5.87.